The van der Waals surface area contributed by atoms with Crippen molar-refractivity contribution in [2.75, 3.05) is 10.7 Å². The topological polar surface area (TPSA) is 0 Å². The number of rotatable bonds is 10. The summed E-state index contributed by atoms with van der Waals surface area (Å²) in [7, 11) is 0. The molecule has 0 unspecified atom stereocenters. The minimum atomic E-state index is 1.06. The monoisotopic (exact) mass is 356 g/mol. The van der Waals surface area contributed by atoms with Gasteiger partial charge in [0.15, 0.2) is 0 Å². The summed E-state index contributed by atoms with van der Waals surface area (Å²) >= 11 is 6.61. The smallest absolute Gasteiger partial charge is 0.00313 e. The molecule has 0 saturated carbocycles. The first-order valence-electron chi connectivity index (χ1n) is 6.95. The van der Waals surface area contributed by atoms with E-state index in [0.29, 0.717) is 0 Å². The van der Waals surface area contributed by atoms with Crippen molar-refractivity contribution in [2.24, 2.45) is 0 Å². The molecular formula is C14H30Br2. The van der Waals surface area contributed by atoms with Gasteiger partial charge in [-0.05, 0) is 6.42 Å². The van der Waals surface area contributed by atoms with Crippen LogP contribution in [-0.2, 0) is 0 Å². The molecule has 0 aromatic heterocycles. The molecule has 0 aliphatic carbocycles. The molecule has 0 amide bonds. The van der Waals surface area contributed by atoms with Crippen LogP contribution in [-0.4, -0.2) is 10.7 Å². The summed E-state index contributed by atoms with van der Waals surface area (Å²) in [5, 5.41) is 2.25. The fourth-order valence-electron chi connectivity index (χ4n) is 1.58. The fraction of sp³-hybridized carbons (Fsp3) is 1.00. The van der Waals surface area contributed by atoms with E-state index in [1.807, 2.05) is 6.92 Å². The Kier molecular flexibility index (Phi) is 25.7. The number of hydrogen-bond acceptors (Lipinski definition) is 0. The Balaban J connectivity index is 0. The number of hydrogen-bond donors (Lipinski definition) is 0. The van der Waals surface area contributed by atoms with Crippen molar-refractivity contribution in [1.29, 1.82) is 0 Å². The van der Waals surface area contributed by atoms with E-state index in [9.17, 15) is 0 Å². The molecule has 0 fully saturated rings. The minimum Gasteiger partial charge on any atom is -0.0931 e. The van der Waals surface area contributed by atoms with Crippen LogP contribution in [0.5, 0.6) is 0 Å². The summed E-state index contributed by atoms with van der Waals surface area (Å²) < 4.78 is 0. The van der Waals surface area contributed by atoms with E-state index in [-0.39, 0.29) is 0 Å². The highest BCUT2D eigenvalue weighted by atomic mass is 79.9. The van der Waals surface area contributed by atoms with Gasteiger partial charge in [0, 0.05) is 10.7 Å². The molecule has 2 heteroatoms. The number of alkyl halides is 2. The van der Waals surface area contributed by atoms with Crippen LogP contribution in [0.1, 0.15) is 78.1 Å². The van der Waals surface area contributed by atoms with Crippen LogP contribution in [0.4, 0.5) is 0 Å². The van der Waals surface area contributed by atoms with Crippen LogP contribution in [0, 0.1) is 0 Å². The van der Waals surface area contributed by atoms with Gasteiger partial charge < -0.3 is 0 Å². The summed E-state index contributed by atoms with van der Waals surface area (Å²) in [5.41, 5.74) is 0. The molecule has 0 atom stereocenters. The summed E-state index contributed by atoms with van der Waals surface area (Å²) in [6, 6.07) is 0. The van der Waals surface area contributed by atoms with E-state index in [0.717, 1.165) is 5.33 Å². The SMILES string of the molecule is CCBr.CCCCCCCCCCCCBr. The maximum atomic E-state index is 3.46. The zero-order valence-corrected chi connectivity index (χ0v) is 14.4. The Hall–Kier alpha value is 0.960. The second-order valence-electron chi connectivity index (χ2n) is 4.14. The third kappa shape index (κ3) is 24.3. The van der Waals surface area contributed by atoms with Gasteiger partial charge in [-0.2, -0.15) is 0 Å². The summed E-state index contributed by atoms with van der Waals surface area (Å²) in [6.07, 6.45) is 14.3. The average molecular weight is 358 g/mol. The van der Waals surface area contributed by atoms with Gasteiger partial charge in [-0.3, -0.25) is 0 Å². The minimum absolute atomic E-state index is 1.06. The number of unbranched alkanes of at least 4 members (excludes halogenated alkanes) is 9. The van der Waals surface area contributed by atoms with Crippen molar-refractivity contribution in [3.05, 3.63) is 0 Å². The average Bonchev–Trinajstić information content (AvgIpc) is 2.28. The first-order chi connectivity index (χ1) is 7.83. The second kappa shape index (κ2) is 21.3. The van der Waals surface area contributed by atoms with Crippen LogP contribution >= 0.6 is 31.9 Å². The molecule has 0 aromatic carbocycles. The molecule has 0 N–H and O–H groups in total. The molecule has 0 radical (unpaired) electrons. The van der Waals surface area contributed by atoms with E-state index < -0.39 is 0 Å². The van der Waals surface area contributed by atoms with Crippen molar-refractivity contribution in [3.63, 3.8) is 0 Å². The molecule has 0 aliphatic heterocycles. The first kappa shape index (κ1) is 19.3. The van der Waals surface area contributed by atoms with Crippen molar-refractivity contribution >= 4 is 31.9 Å². The van der Waals surface area contributed by atoms with E-state index in [1.54, 1.807) is 0 Å². The standard InChI is InChI=1S/C12H25Br.C2H5Br/c1-2-3-4-5-6-7-8-9-10-11-12-13;1-2-3/h2-12H2,1H3;2H2,1H3. The van der Waals surface area contributed by atoms with E-state index in [1.165, 1.54) is 69.5 Å². The fourth-order valence-corrected chi connectivity index (χ4v) is 1.98. The maximum absolute atomic E-state index is 3.46. The highest BCUT2D eigenvalue weighted by Crippen LogP contribution is 2.10. The normalized spacial score (nSPS) is 9.75. The van der Waals surface area contributed by atoms with Gasteiger partial charge in [-0.25, -0.2) is 0 Å². The highest BCUT2D eigenvalue weighted by molar-refractivity contribution is 9.09. The zero-order chi connectivity index (χ0) is 12.5. The lowest BCUT2D eigenvalue weighted by Gasteiger charge is -2.00. The molecule has 0 bridgehead atoms. The Bertz CT molecular complexity index is 84.7. The lowest BCUT2D eigenvalue weighted by atomic mass is 10.1. The van der Waals surface area contributed by atoms with Crippen LogP contribution in [0.15, 0.2) is 0 Å². The first-order valence-corrected chi connectivity index (χ1v) is 9.19. The van der Waals surface area contributed by atoms with Gasteiger partial charge in [-0.1, -0.05) is 103 Å². The van der Waals surface area contributed by atoms with Crippen LogP contribution in [0.3, 0.4) is 0 Å². The third-order valence-corrected chi connectivity index (χ3v) is 3.05. The highest BCUT2D eigenvalue weighted by Gasteiger charge is 1.91. The molecular weight excluding hydrogens is 328 g/mol. The van der Waals surface area contributed by atoms with Crippen LogP contribution in [0.25, 0.3) is 0 Å². The largest absolute Gasteiger partial charge is 0.0931 e. The Morgan fingerprint density at radius 3 is 1.19 bits per heavy atom. The van der Waals surface area contributed by atoms with Crippen LogP contribution < -0.4 is 0 Å². The summed E-state index contributed by atoms with van der Waals surface area (Å²) in [6.45, 7) is 4.32. The molecule has 100 valence electrons. The molecule has 0 aliphatic rings. The van der Waals surface area contributed by atoms with Gasteiger partial charge in [0.2, 0.25) is 0 Å². The molecule has 0 saturated heterocycles. The van der Waals surface area contributed by atoms with Crippen molar-refractivity contribution in [1.82, 2.24) is 0 Å². The lowest BCUT2D eigenvalue weighted by molar-refractivity contribution is 0.563. The van der Waals surface area contributed by atoms with Gasteiger partial charge in [0.05, 0.1) is 0 Å². The Labute approximate surface area is 120 Å². The molecule has 0 rings (SSSR count). The molecule has 0 spiro atoms. The van der Waals surface area contributed by atoms with Gasteiger partial charge in [0.25, 0.3) is 0 Å². The third-order valence-electron chi connectivity index (χ3n) is 2.49. The summed E-state index contributed by atoms with van der Waals surface area (Å²) in [4.78, 5) is 0. The van der Waals surface area contributed by atoms with Crippen LogP contribution in [0.2, 0.25) is 0 Å². The van der Waals surface area contributed by atoms with E-state index in [2.05, 4.69) is 38.8 Å². The maximum Gasteiger partial charge on any atom is 0.00313 e. The predicted molar refractivity (Wildman–Crippen MR) is 85.1 cm³/mol. The molecule has 0 aromatic rings. The van der Waals surface area contributed by atoms with Gasteiger partial charge in [-0.15, -0.1) is 0 Å². The molecule has 0 nitrogen and oxygen atoms in total. The van der Waals surface area contributed by atoms with Crippen molar-refractivity contribution in [2.45, 2.75) is 78.1 Å². The van der Waals surface area contributed by atoms with E-state index in [4.69, 9.17) is 0 Å². The molecule has 0 heterocycles. The van der Waals surface area contributed by atoms with Gasteiger partial charge in [0.1, 0.15) is 0 Å². The quantitative estimate of drug-likeness (QED) is 0.301. The van der Waals surface area contributed by atoms with Gasteiger partial charge >= 0.3 is 0 Å². The van der Waals surface area contributed by atoms with Crippen molar-refractivity contribution in [3.8, 4) is 0 Å². The Morgan fingerprint density at radius 1 is 0.562 bits per heavy atom. The number of halogens is 2. The lowest BCUT2D eigenvalue weighted by Crippen LogP contribution is -1.81. The second-order valence-corrected chi connectivity index (χ2v) is 6.05. The zero-order valence-electron chi connectivity index (χ0n) is 11.2. The van der Waals surface area contributed by atoms with Crippen molar-refractivity contribution < 1.29 is 0 Å². The van der Waals surface area contributed by atoms with E-state index >= 15 is 0 Å². The molecule has 16 heavy (non-hydrogen) atoms. The predicted octanol–water partition coefficient (Wildman–Crippen LogP) is 6.70. The summed E-state index contributed by atoms with van der Waals surface area (Å²) in [5.74, 6) is 0. The Morgan fingerprint density at radius 2 is 0.875 bits per heavy atom.